The third-order valence-corrected chi connectivity index (χ3v) is 3.12. The third-order valence-electron chi connectivity index (χ3n) is 3.12. The Bertz CT molecular complexity index is 671. The maximum Gasteiger partial charge on any atom is 0.269 e. The van der Waals surface area contributed by atoms with Crippen LogP contribution in [0.25, 0.3) is 0 Å². The Morgan fingerprint density at radius 3 is 2.71 bits per heavy atom. The molecule has 0 aliphatic rings. The van der Waals surface area contributed by atoms with Crippen LogP contribution in [0.5, 0.6) is 11.5 Å². The predicted molar refractivity (Wildman–Crippen MR) is 82.8 cm³/mol. The van der Waals surface area contributed by atoms with Gasteiger partial charge in [0.15, 0.2) is 0 Å². The van der Waals surface area contributed by atoms with Crippen LogP contribution >= 0.6 is 0 Å². The molecule has 4 N–H and O–H groups in total. The molecule has 0 saturated heterocycles. The molecule has 0 fully saturated rings. The van der Waals surface area contributed by atoms with Crippen molar-refractivity contribution in [1.29, 1.82) is 0 Å². The molecule has 1 aromatic carbocycles. The Morgan fingerprint density at radius 2 is 2.05 bits per heavy atom. The van der Waals surface area contributed by atoms with Crippen LogP contribution in [0, 0.1) is 6.92 Å². The van der Waals surface area contributed by atoms with Crippen LogP contribution < -0.4 is 21.1 Å². The van der Waals surface area contributed by atoms with Gasteiger partial charge in [0.1, 0.15) is 17.2 Å². The zero-order chi connectivity index (χ0) is 15.4. The topological polar surface area (TPSA) is 89.3 Å². The number of nitrogens with one attached hydrogen (secondary N) is 2. The predicted octanol–water partition coefficient (Wildman–Crippen LogP) is 2.17. The van der Waals surface area contributed by atoms with E-state index >= 15 is 0 Å². The summed E-state index contributed by atoms with van der Waals surface area (Å²) in [6.07, 6.45) is 1.53. The number of hydrogen-bond donors (Lipinski definition) is 3. The molecule has 0 atom stereocenters. The second-order valence-electron chi connectivity index (χ2n) is 4.46. The minimum absolute atomic E-state index is 0.259. The van der Waals surface area contributed by atoms with Gasteiger partial charge in [-0.3, -0.25) is 9.78 Å². The molecule has 2 rings (SSSR count). The van der Waals surface area contributed by atoms with E-state index in [2.05, 4.69) is 15.6 Å². The number of benzene rings is 1. The summed E-state index contributed by atoms with van der Waals surface area (Å²) in [6.45, 7) is 1.92. The van der Waals surface area contributed by atoms with Crippen LogP contribution in [-0.4, -0.2) is 25.0 Å². The van der Waals surface area contributed by atoms with Crippen molar-refractivity contribution < 1.29 is 9.53 Å². The first-order valence-electron chi connectivity index (χ1n) is 6.49. The van der Waals surface area contributed by atoms with Crippen LogP contribution in [-0.2, 0) is 0 Å². The molecular weight excluding hydrogens is 268 g/mol. The number of carbonyl (C=O) groups excluding carboxylic acids is 1. The fraction of sp³-hybridized carbons (Fsp3) is 0.200. The lowest BCUT2D eigenvalue weighted by atomic mass is 10.1. The van der Waals surface area contributed by atoms with Gasteiger partial charge in [-0.05, 0) is 25.1 Å². The number of carbonyl (C=O) groups is 1. The SMILES string of the molecule is CNC(=O)c1cc(Oc2ccc(N)c(NC)c2C)ccn1. The Morgan fingerprint density at radius 1 is 1.29 bits per heavy atom. The Labute approximate surface area is 123 Å². The van der Waals surface area contributed by atoms with Gasteiger partial charge < -0.3 is 21.1 Å². The lowest BCUT2D eigenvalue weighted by Gasteiger charge is -2.14. The van der Waals surface area contributed by atoms with Gasteiger partial charge in [-0.1, -0.05) is 0 Å². The van der Waals surface area contributed by atoms with E-state index < -0.39 is 0 Å². The van der Waals surface area contributed by atoms with Crippen molar-refractivity contribution >= 4 is 17.3 Å². The number of amides is 1. The Balaban J connectivity index is 2.33. The number of ether oxygens (including phenoxy) is 1. The van der Waals surface area contributed by atoms with Crippen LogP contribution in [0.3, 0.4) is 0 Å². The van der Waals surface area contributed by atoms with Crippen LogP contribution in [0.15, 0.2) is 30.5 Å². The summed E-state index contributed by atoms with van der Waals surface area (Å²) < 4.78 is 5.83. The minimum Gasteiger partial charge on any atom is -0.457 e. The van der Waals surface area contributed by atoms with Crippen LogP contribution in [0.2, 0.25) is 0 Å². The van der Waals surface area contributed by atoms with Crippen molar-refractivity contribution in [1.82, 2.24) is 10.3 Å². The summed E-state index contributed by atoms with van der Waals surface area (Å²) in [4.78, 5) is 15.6. The maximum absolute atomic E-state index is 11.6. The number of nitrogens with zero attached hydrogens (tertiary/aromatic N) is 1. The van der Waals surface area contributed by atoms with E-state index in [9.17, 15) is 4.79 Å². The van der Waals surface area contributed by atoms with E-state index in [-0.39, 0.29) is 5.91 Å². The molecule has 0 unspecified atom stereocenters. The Hall–Kier alpha value is -2.76. The summed E-state index contributed by atoms with van der Waals surface area (Å²) in [5.41, 5.74) is 8.58. The van der Waals surface area contributed by atoms with Crippen molar-refractivity contribution in [3.8, 4) is 11.5 Å². The first kappa shape index (κ1) is 14.6. The van der Waals surface area contributed by atoms with Crippen molar-refractivity contribution in [3.63, 3.8) is 0 Å². The molecule has 21 heavy (non-hydrogen) atoms. The zero-order valence-electron chi connectivity index (χ0n) is 12.2. The molecule has 6 nitrogen and oxygen atoms in total. The minimum atomic E-state index is -0.259. The van der Waals surface area contributed by atoms with Crippen molar-refractivity contribution in [2.24, 2.45) is 0 Å². The van der Waals surface area contributed by atoms with E-state index in [0.29, 0.717) is 22.9 Å². The highest BCUT2D eigenvalue weighted by Crippen LogP contribution is 2.33. The first-order chi connectivity index (χ1) is 10.1. The van der Waals surface area contributed by atoms with Gasteiger partial charge in [0.05, 0.1) is 11.4 Å². The number of aromatic nitrogens is 1. The molecule has 1 aromatic heterocycles. The monoisotopic (exact) mass is 286 g/mol. The number of pyridine rings is 1. The van der Waals surface area contributed by atoms with E-state index in [4.69, 9.17) is 10.5 Å². The lowest BCUT2D eigenvalue weighted by Crippen LogP contribution is -2.18. The zero-order valence-corrected chi connectivity index (χ0v) is 12.2. The van der Waals surface area contributed by atoms with E-state index in [1.165, 1.54) is 6.20 Å². The molecule has 110 valence electrons. The highest BCUT2D eigenvalue weighted by Gasteiger charge is 2.10. The molecule has 1 amide bonds. The van der Waals surface area contributed by atoms with E-state index in [1.54, 1.807) is 38.4 Å². The normalized spacial score (nSPS) is 10.0. The van der Waals surface area contributed by atoms with Gasteiger partial charge in [0.25, 0.3) is 5.91 Å². The molecule has 0 radical (unpaired) electrons. The van der Waals surface area contributed by atoms with Gasteiger partial charge in [-0.15, -0.1) is 0 Å². The summed E-state index contributed by atoms with van der Waals surface area (Å²) in [5.74, 6) is 0.950. The average molecular weight is 286 g/mol. The van der Waals surface area contributed by atoms with E-state index in [1.807, 2.05) is 6.92 Å². The first-order valence-corrected chi connectivity index (χ1v) is 6.49. The quantitative estimate of drug-likeness (QED) is 0.749. The van der Waals surface area contributed by atoms with Crippen LogP contribution in [0.4, 0.5) is 11.4 Å². The molecular formula is C15H18N4O2. The lowest BCUT2D eigenvalue weighted by molar-refractivity contribution is 0.0958. The van der Waals surface area contributed by atoms with Gasteiger partial charge in [-0.2, -0.15) is 0 Å². The summed E-state index contributed by atoms with van der Waals surface area (Å²) in [5, 5.41) is 5.57. The molecule has 0 bridgehead atoms. The van der Waals surface area contributed by atoms with E-state index in [0.717, 1.165) is 11.3 Å². The molecule has 0 saturated carbocycles. The van der Waals surface area contributed by atoms with Crippen molar-refractivity contribution in [2.45, 2.75) is 6.92 Å². The average Bonchev–Trinajstić information content (AvgIpc) is 2.50. The second kappa shape index (κ2) is 6.13. The van der Waals surface area contributed by atoms with Gasteiger partial charge in [0, 0.05) is 31.9 Å². The van der Waals surface area contributed by atoms with Gasteiger partial charge in [-0.25, -0.2) is 0 Å². The standard InChI is InChI=1S/C15H18N4O2/c1-9-13(5-4-11(16)14(9)17-2)21-10-6-7-19-12(8-10)15(20)18-3/h4-8,17H,16H2,1-3H3,(H,18,20). The number of anilines is 2. The molecule has 0 spiro atoms. The molecule has 0 aliphatic heterocycles. The fourth-order valence-electron chi connectivity index (χ4n) is 2.01. The number of hydrogen-bond acceptors (Lipinski definition) is 5. The number of rotatable bonds is 4. The molecule has 2 aromatic rings. The van der Waals surface area contributed by atoms with Crippen molar-refractivity contribution in [3.05, 3.63) is 41.7 Å². The largest absolute Gasteiger partial charge is 0.457 e. The second-order valence-corrected chi connectivity index (χ2v) is 4.46. The van der Waals surface area contributed by atoms with Crippen molar-refractivity contribution in [2.75, 3.05) is 25.1 Å². The third kappa shape index (κ3) is 3.05. The van der Waals surface area contributed by atoms with Gasteiger partial charge >= 0.3 is 0 Å². The number of nitrogens with two attached hydrogens (primary N) is 1. The van der Waals surface area contributed by atoms with Gasteiger partial charge in [0.2, 0.25) is 0 Å². The number of nitrogen functional groups attached to an aromatic ring is 1. The molecule has 1 heterocycles. The summed E-state index contributed by atoms with van der Waals surface area (Å²) in [6, 6.07) is 6.86. The maximum atomic E-state index is 11.6. The smallest absolute Gasteiger partial charge is 0.269 e. The van der Waals surface area contributed by atoms with Crippen LogP contribution in [0.1, 0.15) is 16.1 Å². The molecule has 0 aliphatic carbocycles. The molecule has 6 heteroatoms. The fourth-order valence-corrected chi connectivity index (χ4v) is 2.01. The highest BCUT2D eigenvalue weighted by molar-refractivity contribution is 5.92. The summed E-state index contributed by atoms with van der Waals surface area (Å²) >= 11 is 0. The Kier molecular flexibility index (Phi) is 4.27. The summed E-state index contributed by atoms with van der Waals surface area (Å²) in [7, 11) is 3.36. The highest BCUT2D eigenvalue weighted by atomic mass is 16.5.